The molecular weight excluding hydrogens is 520 g/mol. The van der Waals surface area contributed by atoms with Crippen LogP contribution >= 0.6 is 0 Å². The third-order valence-electron chi connectivity index (χ3n) is 8.30. The molecular formula is C33H50N2O6. The Balaban J connectivity index is 1.78. The summed E-state index contributed by atoms with van der Waals surface area (Å²) in [4.78, 5) is 45.7. The lowest BCUT2D eigenvalue weighted by Crippen LogP contribution is -2.53. The molecule has 0 bridgehead atoms. The van der Waals surface area contributed by atoms with Crippen molar-refractivity contribution >= 4 is 17.5 Å². The molecule has 3 unspecified atom stereocenters. The number of ketones is 2. The summed E-state index contributed by atoms with van der Waals surface area (Å²) >= 11 is 0. The van der Waals surface area contributed by atoms with Crippen molar-refractivity contribution in [2.24, 2.45) is 16.7 Å². The Morgan fingerprint density at radius 1 is 1.02 bits per heavy atom. The van der Waals surface area contributed by atoms with E-state index in [0.29, 0.717) is 37.1 Å². The van der Waals surface area contributed by atoms with Crippen molar-refractivity contribution in [1.82, 2.24) is 9.97 Å². The monoisotopic (exact) mass is 570 g/mol. The fraction of sp³-hybridized carbons (Fsp3) is 0.667. The Kier molecular flexibility index (Phi) is 10.5. The predicted octanol–water partition coefficient (Wildman–Crippen LogP) is 7.32. The normalized spacial score (nSPS) is 20.0. The Morgan fingerprint density at radius 2 is 1.68 bits per heavy atom. The van der Waals surface area contributed by atoms with Crippen LogP contribution in [0.25, 0.3) is 0 Å². The molecule has 8 nitrogen and oxygen atoms in total. The molecule has 0 saturated carbocycles. The second-order valence-corrected chi connectivity index (χ2v) is 13.8. The topological polar surface area (TPSA) is 121 Å². The molecule has 41 heavy (non-hydrogen) atoms. The minimum Gasteiger partial charge on any atom is -0.481 e. The van der Waals surface area contributed by atoms with E-state index in [0.717, 1.165) is 30.5 Å². The molecule has 0 spiro atoms. The number of Topliss-reactive ketones (excluding diaryl/α,β-unsaturated/α-hetero) is 2. The van der Waals surface area contributed by atoms with E-state index in [-0.39, 0.29) is 29.3 Å². The lowest BCUT2D eigenvalue weighted by molar-refractivity contribution is -0.298. The molecule has 0 aromatic carbocycles. The van der Waals surface area contributed by atoms with Crippen LogP contribution < -0.4 is 0 Å². The van der Waals surface area contributed by atoms with Crippen LogP contribution in [0.4, 0.5) is 0 Å². The fourth-order valence-corrected chi connectivity index (χ4v) is 5.88. The van der Waals surface area contributed by atoms with Gasteiger partial charge in [-0.05, 0) is 57.1 Å². The SMILES string of the molecule is CCCCC(C(=O)c1cc[nH]c1CCCC(CC(=O)O)c1[nH]ccc1C(=O)C1OC(C)(C)OCC1(C)C)C(C)(C)C. The van der Waals surface area contributed by atoms with E-state index in [1.165, 1.54) is 0 Å². The van der Waals surface area contributed by atoms with Crippen LogP contribution in [0, 0.1) is 16.7 Å². The van der Waals surface area contributed by atoms with Gasteiger partial charge in [-0.15, -0.1) is 0 Å². The summed E-state index contributed by atoms with van der Waals surface area (Å²) in [6, 6.07) is 3.59. The highest BCUT2D eigenvalue weighted by Gasteiger charge is 2.46. The van der Waals surface area contributed by atoms with Gasteiger partial charge in [0.2, 0.25) is 0 Å². The number of hydrogen-bond acceptors (Lipinski definition) is 5. The highest BCUT2D eigenvalue weighted by Crippen LogP contribution is 2.39. The number of nitrogens with one attached hydrogen (secondary N) is 2. The average molecular weight is 571 g/mol. The van der Waals surface area contributed by atoms with Gasteiger partial charge in [-0.25, -0.2) is 0 Å². The molecule has 0 aliphatic carbocycles. The van der Waals surface area contributed by atoms with E-state index < -0.39 is 29.2 Å². The zero-order chi connectivity index (χ0) is 30.6. The van der Waals surface area contributed by atoms with Crippen molar-refractivity contribution in [2.75, 3.05) is 6.61 Å². The first kappa shape index (κ1) is 32.8. The summed E-state index contributed by atoms with van der Waals surface area (Å²) in [5, 5.41) is 9.73. The van der Waals surface area contributed by atoms with Crippen LogP contribution in [0.1, 0.15) is 132 Å². The lowest BCUT2D eigenvalue weighted by Gasteiger charge is -2.45. The van der Waals surface area contributed by atoms with Crippen molar-refractivity contribution < 1.29 is 29.0 Å². The molecule has 1 fully saturated rings. The Labute approximate surface area is 245 Å². The Morgan fingerprint density at radius 3 is 2.32 bits per heavy atom. The minimum absolute atomic E-state index is 0.0640. The van der Waals surface area contributed by atoms with Gasteiger partial charge in [0.25, 0.3) is 0 Å². The minimum atomic E-state index is -0.925. The van der Waals surface area contributed by atoms with Gasteiger partial charge in [-0.1, -0.05) is 54.4 Å². The fourth-order valence-electron chi connectivity index (χ4n) is 5.88. The van der Waals surface area contributed by atoms with E-state index in [1.807, 2.05) is 26.1 Å². The molecule has 1 saturated heterocycles. The zero-order valence-corrected chi connectivity index (χ0v) is 26.2. The van der Waals surface area contributed by atoms with Crippen LogP contribution in [0.3, 0.4) is 0 Å². The second kappa shape index (κ2) is 13.1. The van der Waals surface area contributed by atoms with Gasteiger partial charge < -0.3 is 24.5 Å². The molecule has 3 rings (SSSR count). The quantitative estimate of drug-likeness (QED) is 0.205. The molecule has 1 aliphatic rings. The highest BCUT2D eigenvalue weighted by atomic mass is 16.7. The van der Waals surface area contributed by atoms with E-state index >= 15 is 0 Å². The summed E-state index contributed by atoms with van der Waals surface area (Å²) in [5.41, 5.74) is 2.03. The van der Waals surface area contributed by atoms with Crippen molar-refractivity contribution in [3.05, 3.63) is 47.0 Å². The number of unbranched alkanes of at least 4 members (excludes halogenated alkanes) is 1. The summed E-state index contributed by atoms with van der Waals surface area (Å²) in [5.74, 6) is -2.27. The van der Waals surface area contributed by atoms with Gasteiger partial charge in [0.15, 0.2) is 17.4 Å². The first-order chi connectivity index (χ1) is 19.1. The van der Waals surface area contributed by atoms with Crippen LogP contribution in [0.5, 0.6) is 0 Å². The maximum Gasteiger partial charge on any atom is 0.304 e. The number of aryl methyl sites for hydroxylation is 1. The standard InChI is InChI=1S/C33H50N2O6/c1-9-10-13-24(31(2,3)4)28(38)22-15-17-34-25(22)14-11-12-21(19-26(36)37)27-23(16-18-35-27)29(39)30-32(5,6)20-40-33(7,8)41-30/h15-18,21,24,30,34-35H,9-14,19-20H2,1-8H3,(H,36,37). The third kappa shape index (κ3) is 8.19. The van der Waals surface area contributed by atoms with E-state index in [1.54, 1.807) is 26.1 Å². The highest BCUT2D eigenvalue weighted by molar-refractivity contribution is 6.01. The van der Waals surface area contributed by atoms with Gasteiger partial charge in [0.05, 0.1) is 13.0 Å². The number of carbonyl (C=O) groups is 3. The van der Waals surface area contributed by atoms with Crippen molar-refractivity contribution in [1.29, 1.82) is 0 Å². The first-order valence-corrected chi connectivity index (χ1v) is 15.0. The van der Waals surface area contributed by atoms with Crippen molar-refractivity contribution in [2.45, 2.75) is 118 Å². The summed E-state index contributed by atoms with van der Waals surface area (Å²) in [6.45, 7) is 16.3. The Bertz CT molecular complexity index is 1200. The molecule has 2 aromatic rings. The van der Waals surface area contributed by atoms with Gasteiger partial charge in [0, 0.05) is 52.2 Å². The van der Waals surface area contributed by atoms with Gasteiger partial charge in [0.1, 0.15) is 6.10 Å². The number of carboxylic acids is 1. The lowest BCUT2D eigenvalue weighted by atomic mass is 9.73. The summed E-state index contributed by atoms with van der Waals surface area (Å²) < 4.78 is 11.9. The molecule has 8 heteroatoms. The average Bonchev–Trinajstić information content (AvgIpc) is 3.54. The maximum atomic E-state index is 13.8. The largest absolute Gasteiger partial charge is 0.481 e. The molecule has 228 valence electrons. The Hall–Kier alpha value is -2.71. The number of carboxylic acid groups (broad SMARTS) is 1. The molecule has 3 N–H and O–H groups in total. The number of ether oxygens (including phenoxy) is 2. The van der Waals surface area contributed by atoms with Crippen molar-refractivity contribution in [3.8, 4) is 0 Å². The van der Waals surface area contributed by atoms with E-state index in [9.17, 15) is 19.5 Å². The van der Waals surface area contributed by atoms with Gasteiger partial charge in [-0.2, -0.15) is 0 Å². The van der Waals surface area contributed by atoms with E-state index in [2.05, 4.69) is 37.7 Å². The van der Waals surface area contributed by atoms with Gasteiger partial charge in [-0.3, -0.25) is 14.4 Å². The number of aliphatic carboxylic acids is 1. The van der Waals surface area contributed by atoms with Crippen LogP contribution in [-0.4, -0.2) is 51.1 Å². The second-order valence-electron chi connectivity index (χ2n) is 13.8. The number of H-pyrrole nitrogens is 2. The molecule has 0 radical (unpaired) electrons. The molecule has 3 atom stereocenters. The first-order valence-electron chi connectivity index (χ1n) is 15.0. The summed E-state index contributed by atoms with van der Waals surface area (Å²) in [7, 11) is 0. The van der Waals surface area contributed by atoms with Crippen LogP contribution in [0.2, 0.25) is 0 Å². The molecule has 1 aliphatic heterocycles. The van der Waals surface area contributed by atoms with Crippen LogP contribution in [-0.2, 0) is 20.7 Å². The maximum absolute atomic E-state index is 13.8. The van der Waals surface area contributed by atoms with Crippen LogP contribution in [0.15, 0.2) is 24.5 Å². The molecule has 0 amide bonds. The van der Waals surface area contributed by atoms with E-state index in [4.69, 9.17) is 9.47 Å². The smallest absolute Gasteiger partial charge is 0.304 e. The number of aromatic nitrogens is 2. The number of aromatic amines is 2. The zero-order valence-electron chi connectivity index (χ0n) is 26.2. The summed E-state index contributed by atoms with van der Waals surface area (Å²) in [6.07, 6.45) is 7.41. The van der Waals surface area contributed by atoms with Gasteiger partial charge >= 0.3 is 5.97 Å². The molecule has 3 heterocycles. The van der Waals surface area contributed by atoms with Crippen molar-refractivity contribution in [3.63, 3.8) is 0 Å². The predicted molar refractivity (Wildman–Crippen MR) is 159 cm³/mol. The number of rotatable bonds is 14. The third-order valence-corrected chi connectivity index (χ3v) is 8.30. The molecule has 2 aromatic heterocycles. The number of hydrogen-bond donors (Lipinski definition) is 3. The number of carbonyl (C=O) groups excluding carboxylic acids is 2.